The maximum atomic E-state index is 12.3. The van der Waals surface area contributed by atoms with Crippen LogP contribution in [0.4, 0.5) is 0 Å². The molecule has 0 unspecified atom stereocenters. The molecule has 0 atom stereocenters. The highest BCUT2D eigenvalue weighted by molar-refractivity contribution is 5.65. The topological polar surface area (TPSA) is 74.8 Å². The van der Waals surface area contributed by atoms with Crippen molar-refractivity contribution in [2.45, 2.75) is 39.2 Å². The largest absolute Gasteiger partial charge is 0.489 e. The summed E-state index contributed by atoms with van der Waals surface area (Å²) < 4.78 is 8.69. The summed E-state index contributed by atoms with van der Waals surface area (Å²) in [6, 6.07) is 16.2. The number of ether oxygens (including phenoxy) is 1. The van der Waals surface area contributed by atoms with Crippen LogP contribution >= 0.6 is 0 Å². The molecule has 4 aromatic rings. The third kappa shape index (κ3) is 3.82. The van der Waals surface area contributed by atoms with Crippen molar-refractivity contribution < 1.29 is 4.74 Å². The van der Waals surface area contributed by atoms with Crippen molar-refractivity contribution in [2.24, 2.45) is 7.05 Å². The van der Waals surface area contributed by atoms with Crippen molar-refractivity contribution in [3.63, 3.8) is 0 Å². The maximum Gasteiger partial charge on any atom is 0.368 e. The number of pyridine rings is 1. The molecule has 0 saturated heterocycles. The predicted molar refractivity (Wildman–Crippen MR) is 122 cm³/mol. The van der Waals surface area contributed by atoms with E-state index in [0.717, 1.165) is 33.6 Å². The minimum atomic E-state index is -0.293. The molecule has 32 heavy (non-hydrogen) atoms. The molecule has 1 aliphatic rings. The molecule has 162 valence electrons. The van der Waals surface area contributed by atoms with Gasteiger partial charge in [0.2, 0.25) is 0 Å². The van der Waals surface area contributed by atoms with Crippen LogP contribution in [0.25, 0.3) is 16.8 Å². The Balaban J connectivity index is 1.37. The molecule has 2 heterocycles. The third-order valence-corrected chi connectivity index (χ3v) is 6.00. The van der Waals surface area contributed by atoms with Gasteiger partial charge in [0.25, 0.3) is 0 Å². The summed E-state index contributed by atoms with van der Waals surface area (Å²) in [5.41, 5.74) is 6.77. The summed E-state index contributed by atoms with van der Waals surface area (Å²) in [5.74, 6) is 1.46. The van der Waals surface area contributed by atoms with Gasteiger partial charge in [0.05, 0.1) is 5.69 Å². The molecule has 0 N–H and O–H groups in total. The van der Waals surface area contributed by atoms with Crippen molar-refractivity contribution in [1.82, 2.24) is 24.8 Å². The zero-order valence-electron chi connectivity index (χ0n) is 18.4. The number of nitrogens with zero attached hydrogens (tertiary/aromatic N) is 5. The van der Waals surface area contributed by atoms with E-state index in [2.05, 4.69) is 39.7 Å². The lowest BCUT2D eigenvalue weighted by molar-refractivity contribution is 0.302. The molecule has 5 rings (SSSR count). The van der Waals surface area contributed by atoms with E-state index in [-0.39, 0.29) is 5.69 Å². The van der Waals surface area contributed by atoms with E-state index in [1.54, 1.807) is 7.05 Å². The molecule has 1 saturated carbocycles. The van der Waals surface area contributed by atoms with E-state index < -0.39 is 0 Å². The maximum absolute atomic E-state index is 12.3. The van der Waals surface area contributed by atoms with E-state index in [1.165, 1.54) is 27.9 Å². The highest BCUT2D eigenvalue weighted by Gasteiger charge is 2.24. The van der Waals surface area contributed by atoms with Crippen molar-refractivity contribution in [3.8, 4) is 22.6 Å². The van der Waals surface area contributed by atoms with Gasteiger partial charge in [-0.15, -0.1) is 0 Å². The fourth-order valence-corrected chi connectivity index (χ4v) is 3.88. The zero-order valence-corrected chi connectivity index (χ0v) is 18.4. The SMILES string of the molecule is Cc1cc(-c2ccc(C3CC3)nc2)ccc1OCc1c(C)cccc1-n1nnn(C)c1=O. The molecule has 1 fully saturated rings. The average molecular weight is 428 g/mol. The molecule has 7 heteroatoms. The van der Waals surface area contributed by atoms with Crippen molar-refractivity contribution in [1.29, 1.82) is 0 Å². The molecule has 0 spiro atoms. The van der Waals surface area contributed by atoms with E-state index >= 15 is 0 Å². The first-order chi connectivity index (χ1) is 15.5. The Hall–Kier alpha value is -3.74. The van der Waals surface area contributed by atoms with Crippen LogP contribution in [0.2, 0.25) is 0 Å². The fraction of sp³-hybridized carbons (Fsp3) is 0.280. The number of aromatic nitrogens is 5. The first kappa shape index (κ1) is 20.2. The van der Waals surface area contributed by atoms with Crippen LogP contribution in [0.1, 0.15) is 41.1 Å². The van der Waals surface area contributed by atoms with Gasteiger partial charge in [-0.2, -0.15) is 9.36 Å². The second-order valence-corrected chi connectivity index (χ2v) is 8.38. The highest BCUT2D eigenvalue weighted by atomic mass is 16.5. The molecule has 2 aromatic carbocycles. The van der Waals surface area contributed by atoms with Gasteiger partial charge < -0.3 is 4.74 Å². The minimum absolute atomic E-state index is 0.293. The smallest absolute Gasteiger partial charge is 0.368 e. The number of tetrazole rings is 1. The minimum Gasteiger partial charge on any atom is -0.489 e. The normalized spacial score (nSPS) is 13.3. The Bertz CT molecular complexity index is 1330. The van der Waals surface area contributed by atoms with Gasteiger partial charge >= 0.3 is 5.69 Å². The third-order valence-electron chi connectivity index (χ3n) is 6.00. The van der Waals surface area contributed by atoms with Crippen molar-refractivity contribution in [3.05, 3.63) is 87.6 Å². The van der Waals surface area contributed by atoms with Crippen LogP contribution < -0.4 is 10.4 Å². The number of hydrogen-bond donors (Lipinski definition) is 0. The quantitative estimate of drug-likeness (QED) is 0.463. The average Bonchev–Trinajstić information content (AvgIpc) is 3.59. The first-order valence-electron chi connectivity index (χ1n) is 10.8. The summed E-state index contributed by atoms with van der Waals surface area (Å²) in [4.78, 5) is 17.0. The summed E-state index contributed by atoms with van der Waals surface area (Å²) in [6.07, 6.45) is 4.47. The lowest BCUT2D eigenvalue weighted by Gasteiger charge is -2.15. The van der Waals surface area contributed by atoms with Gasteiger partial charge in [-0.1, -0.05) is 24.3 Å². The van der Waals surface area contributed by atoms with Crippen LogP contribution in [-0.2, 0) is 13.7 Å². The lowest BCUT2D eigenvalue weighted by Crippen LogP contribution is -2.23. The Morgan fingerprint density at radius 1 is 1.00 bits per heavy atom. The zero-order chi connectivity index (χ0) is 22.2. The van der Waals surface area contributed by atoms with Crippen LogP contribution in [0.5, 0.6) is 5.75 Å². The monoisotopic (exact) mass is 427 g/mol. The number of aryl methyl sites for hydroxylation is 3. The number of rotatable bonds is 6. The van der Waals surface area contributed by atoms with E-state index in [1.807, 2.05) is 44.3 Å². The van der Waals surface area contributed by atoms with E-state index in [0.29, 0.717) is 18.2 Å². The molecule has 0 aliphatic heterocycles. The predicted octanol–water partition coefficient (Wildman–Crippen LogP) is 4.10. The summed E-state index contributed by atoms with van der Waals surface area (Å²) in [7, 11) is 1.58. The van der Waals surface area contributed by atoms with Gasteiger partial charge in [-0.05, 0) is 78.1 Å². The summed E-state index contributed by atoms with van der Waals surface area (Å²) in [5, 5.41) is 7.81. The van der Waals surface area contributed by atoms with Crippen LogP contribution in [-0.4, -0.2) is 24.8 Å². The van der Waals surface area contributed by atoms with Crippen LogP contribution in [0.3, 0.4) is 0 Å². The Labute approximate surface area is 186 Å². The van der Waals surface area contributed by atoms with Crippen LogP contribution in [0.15, 0.2) is 59.5 Å². The van der Waals surface area contributed by atoms with Gasteiger partial charge in [0.15, 0.2) is 0 Å². The molecule has 7 nitrogen and oxygen atoms in total. The van der Waals surface area contributed by atoms with Gasteiger partial charge in [0.1, 0.15) is 12.4 Å². The van der Waals surface area contributed by atoms with Gasteiger partial charge in [-0.25, -0.2) is 4.79 Å². The molecule has 2 aromatic heterocycles. The summed E-state index contributed by atoms with van der Waals surface area (Å²) >= 11 is 0. The van der Waals surface area contributed by atoms with E-state index in [4.69, 9.17) is 4.74 Å². The summed E-state index contributed by atoms with van der Waals surface area (Å²) in [6.45, 7) is 4.36. The second-order valence-electron chi connectivity index (χ2n) is 8.38. The van der Waals surface area contributed by atoms with Crippen molar-refractivity contribution >= 4 is 0 Å². The fourth-order valence-electron chi connectivity index (χ4n) is 3.88. The highest BCUT2D eigenvalue weighted by Crippen LogP contribution is 2.39. The standard InChI is InChI=1S/C25H25N5O2/c1-16-5-4-6-23(30-25(31)29(3)27-28-30)21(16)15-32-24-12-10-19(13-17(24)2)20-9-11-22(26-14-20)18-7-8-18/h4-6,9-14,18H,7-8,15H2,1-3H3. The molecule has 0 amide bonds. The number of hydrogen-bond acceptors (Lipinski definition) is 5. The lowest BCUT2D eigenvalue weighted by atomic mass is 10.0. The molecule has 0 radical (unpaired) electrons. The Morgan fingerprint density at radius 2 is 1.81 bits per heavy atom. The van der Waals surface area contributed by atoms with Crippen molar-refractivity contribution in [2.75, 3.05) is 0 Å². The van der Waals surface area contributed by atoms with Gasteiger partial charge in [0, 0.05) is 36.0 Å². The van der Waals surface area contributed by atoms with Crippen LogP contribution in [0, 0.1) is 13.8 Å². The Kier molecular flexibility index (Phi) is 5.09. The first-order valence-corrected chi connectivity index (χ1v) is 10.8. The molecular weight excluding hydrogens is 402 g/mol. The second kappa shape index (κ2) is 8.07. The Morgan fingerprint density at radius 3 is 2.47 bits per heavy atom. The molecule has 1 aliphatic carbocycles. The van der Waals surface area contributed by atoms with Gasteiger partial charge in [-0.3, -0.25) is 4.98 Å². The van der Waals surface area contributed by atoms with E-state index in [9.17, 15) is 4.79 Å². The molecule has 0 bridgehead atoms. The number of benzene rings is 2. The molecular formula is C25H25N5O2.